The maximum absolute atomic E-state index is 13.0. The third-order valence-electron chi connectivity index (χ3n) is 5.60. The van der Waals surface area contributed by atoms with Gasteiger partial charge in [-0.15, -0.1) is 11.3 Å². The van der Waals surface area contributed by atoms with Gasteiger partial charge in [0.15, 0.2) is 5.78 Å². The molecule has 0 atom stereocenters. The fraction of sp³-hybridized carbons (Fsp3) is 0.240. The van der Waals surface area contributed by atoms with Gasteiger partial charge in [-0.05, 0) is 49.4 Å². The van der Waals surface area contributed by atoms with Crippen LogP contribution in [0.25, 0.3) is 0 Å². The molecule has 1 fully saturated rings. The van der Waals surface area contributed by atoms with Crippen LogP contribution in [0.1, 0.15) is 48.8 Å². The molecule has 1 aliphatic heterocycles. The summed E-state index contributed by atoms with van der Waals surface area (Å²) in [4.78, 5) is 40.4. The van der Waals surface area contributed by atoms with Crippen LogP contribution in [0.3, 0.4) is 0 Å². The molecule has 0 saturated carbocycles. The monoisotopic (exact) mass is 432 g/mol. The minimum atomic E-state index is -0.185. The van der Waals surface area contributed by atoms with E-state index in [1.165, 1.54) is 11.3 Å². The first-order valence-electron chi connectivity index (χ1n) is 10.4. The molecule has 2 amide bonds. The number of carbonyl (C=O) groups is 3. The van der Waals surface area contributed by atoms with E-state index in [1.54, 1.807) is 35.2 Å². The maximum atomic E-state index is 13.0. The SMILES string of the molecule is Cc1ccc(C(=O)C2CCN(C(=O)c3cccc(NC(=O)c4cccs4)c3)CC2)cc1. The lowest BCUT2D eigenvalue weighted by Crippen LogP contribution is -2.40. The highest BCUT2D eigenvalue weighted by Crippen LogP contribution is 2.24. The first kappa shape index (κ1) is 21.0. The molecule has 1 N–H and O–H groups in total. The van der Waals surface area contributed by atoms with Gasteiger partial charge in [-0.2, -0.15) is 0 Å². The van der Waals surface area contributed by atoms with Crippen molar-refractivity contribution in [1.82, 2.24) is 4.90 Å². The van der Waals surface area contributed by atoms with Crippen LogP contribution in [0.2, 0.25) is 0 Å². The van der Waals surface area contributed by atoms with Crippen LogP contribution < -0.4 is 5.32 Å². The molecule has 3 aromatic rings. The van der Waals surface area contributed by atoms with Crippen molar-refractivity contribution in [3.8, 4) is 0 Å². The Morgan fingerprint density at radius 2 is 1.68 bits per heavy atom. The molecule has 158 valence electrons. The van der Waals surface area contributed by atoms with E-state index in [0.717, 1.165) is 11.1 Å². The number of thiophene rings is 1. The number of hydrogen-bond acceptors (Lipinski definition) is 4. The van der Waals surface area contributed by atoms with E-state index in [1.807, 2.05) is 42.6 Å². The molecule has 5 nitrogen and oxygen atoms in total. The first-order chi connectivity index (χ1) is 15.0. The molecule has 4 rings (SSSR count). The van der Waals surface area contributed by atoms with Crippen molar-refractivity contribution in [1.29, 1.82) is 0 Å². The Labute approximate surface area is 185 Å². The molecule has 1 saturated heterocycles. The van der Waals surface area contributed by atoms with Gasteiger partial charge in [0.1, 0.15) is 0 Å². The Morgan fingerprint density at radius 1 is 0.935 bits per heavy atom. The molecule has 2 aromatic carbocycles. The normalized spacial score (nSPS) is 14.3. The largest absolute Gasteiger partial charge is 0.339 e. The van der Waals surface area contributed by atoms with E-state index in [-0.39, 0.29) is 23.5 Å². The fourth-order valence-electron chi connectivity index (χ4n) is 3.81. The van der Waals surface area contributed by atoms with Crippen molar-refractivity contribution in [3.63, 3.8) is 0 Å². The molecular formula is C25H24N2O3S. The standard InChI is InChI=1S/C25H24N2O3S/c1-17-7-9-18(10-8-17)23(28)19-11-13-27(14-12-19)25(30)20-4-2-5-21(16-20)26-24(29)22-6-3-15-31-22/h2-10,15-16,19H,11-14H2,1H3,(H,26,29). The Bertz CT molecular complexity index is 1080. The number of likely N-dealkylation sites (tertiary alicyclic amines) is 1. The van der Waals surface area contributed by atoms with E-state index in [2.05, 4.69) is 5.32 Å². The van der Waals surface area contributed by atoms with Crippen molar-refractivity contribution in [2.75, 3.05) is 18.4 Å². The van der Waals surface area contributed by atoms with Gasteiger partial charge in [-0.1, -0.05) is 42.0 Å². The molecule has 0 spiro atoms. The number of ketones is 1. The van der Waals surface area contributed by atoms with Crippen LogP contribution in [0, 0.1) is 12.8 Å². The number of nitrogens with zero attached hydrogens (tertiary/aromatic N) is 1. The van der Waals surface area contributed by atoms with Gasteiger partial charge in [-0.25, -0.2) is 0 Å². The Hall–Kier alpha value is -3.25. The Morgan fingerprint density at radius 3 is 2.35 bits per heavy atom. The average Bonchev–Trinajstić information content (AvgIpc) is 3.34. The Balaban J connectivity index is 1.37. The first-order valence-corrected chi connectivity index (χ1v) is 11.2. The minimum absolute atomic E-state index is 0.0526. The van der Waals surface area contributed by atoms with Crippen LogP contribution in [0.4, 0.5) is 5.69 Å². The second-order valence-electron chi connectivity index (χ2n) is 7.81. The van der Waals surface area contributed by atoms with Gasteiger partial charge in [0.25, 0.3) is 11.8 Å². The van der Waals surface area contributed by atoms with E-state index in [4.69, 9.17) is 0 Å². The molecule has 0 aliphatic carbocycles. The van der Waals surface area contributed by atoms with Crippen LogP contribution in [0.5, 0.6) is 0 Å². The summed E-state index contributed by atoms with van der Waals surface area (Å²) in [6, 6.07) is 18.3. The molecule has 2 heterocycles. The lowest BCUT2D eigenvalue weighted by atomic mass is 9.88. The number of hydrogen-bond donors (Lipinski definition) is 1. The number of anilines is 1. The number of aryl methyl sites for hydroxylation is 1. The van der Waals surface area contributed by atoms with Gasteiger partial charge < -0.3 is 10.2 Å². The third-order valence-corrected chi connectivity index (χ3v) is 6.47. The number of piperidine rings is 1. The zero-order chi connectivity index (χ0) is 21.8. The summed E-state index contributed by atoms with van der Waals surface area (Å²) in [6.07, 6.45) is 1.32. The van der Waals surface area contributed by atoms with Crippen LogP contribution in [-0.2, 0) is 0 Å². The molecular weight excluding hydrogens is 408 g/mol. The van der Waals surface area contributed by atoms with Gasteiger partial charge >= 0.3 is 0 Å². The predicted molar refractivity (Wildman–Crippen MR) is 123 cm³/mol. The van der Waals surface area contributed by atoms with Crippen molar-refractivity contribution < 1.29 is 14.4 Å². The second-order valence-corrected chi connectivity index (χ2v) is 8.76. The zero-order valence-corrected chi connectivity index (χ0v) is 18.2. The van der Waals surface area contributed by atoms with Crippen LogP contribution in [-0.4, -0.2) is 35.6 Å². The third kappa shape index (κ3) is 4.91. The van der Waals surface area contributed by atoms with Crippen molar-refractivity contribution in [2.24, 2.45) is 5.92 Å². The van der Waals surface area contributed by atoms with Gasteiger partial charge in [-0.3, -0.25) is 14.4 Å². The second kappa shape index (κ2) is 9.27. The highest BCUT2D eigenvalue weighted by molar-refractivity contribution is 7.12. The quantitative estimate of drug-likeness (QED) is 0.574. The van der Waals surface area contributed by atoms with Crippen molar-refractivity contribution in [2.45, 2.75) is 19.8 Å². The molecule has 31 heavy (non-hydrogen) atoms. The molecule has 1 aromatic heterocycles. The van der Waals surface area contributed by atoms with Crippen LogP contribution in [0.15, 0.2) is 66.0 Å². The molecule has 0 bridgehead atoms. The summed E-state index contributed by atoms with van der Waals surface area (Å²) >= 11 is 1.37. The highest BCUT2D eigenvalue weighted by Gasteiger charge is 2.28. The number of rotatable bonds is 5. The van der Waals surface area contributed by atoms with E-state index in [0.29, 0.717) is 42.1 Å². The van der Waals surface area contributed by atoms with Crippen molar-refractivity contribution >= 4 is 34.6 Å². The summed E-state index contributed by atoms with van der Waals surface area (Å²) in [6.45, 7) is 3.10. The number of carbonyl (C=O) groups excluding carboxylic acids is 3. The van der Waals surface area contributed by atoms with Gasteiger partial charge in [0.05, 0.1) is 4.88 Å². The Kier molecular flexibility index (Phi) is 6.28. The van der Waals surface area contributed by atoms with Crippen molar-refractivity contribution in [3.05, 3.63) is 87.6 Å². The summed E-state index contributed by atoms with van der Waals surface area (Å²) < 4.78 is 0. The number of Topliss-reactive ketones (excluding diaryl/α,β-unsaturated/α-hetero) is 1. The lowest BCUT2D eigenvalue weighted by Gasteiger charge is -2.31. The summed E-state index contributed by atoms with van der Waals surface area (Å²) in [5, 5.41) is 4.69. The fourth-order valence-corrected chi connectivity index (χ4v) is 4.43. The number of benzene rings is 2. The summed E-state index contributed by atoms with van der Waals surface area (Å²) in [5.74, 6) is -0.156. The number of nitrogens with one attached hydrogen (secondary N) is 1. The smallest absolute Gasteiger partial charge is 0.265 e. The van der Waals surface area contributed by atoms with Crippen LogP contribution >= 0.6 is 11.3 Å². The number of amides is 2. The molecule has 0 radical (unpaired) electrons. The highest BCUT2D eigenvalue weighted by atomic mass is 32.1. The summed E-state index contributed by atoms with van der Waals surface area (Å²) in [7, 11) is 0. The average molecular weight is 433 g/mol. The van der Waals surface area contributed by atoms with E-state index in [9.17, 15) is 14.4 Å². The van der Waals surface area contributed by atoms with Gasteiger partial charge in [0.2, 0.25) is 0 Å². The molecule has 0 unspecified atom stereocenters. The lowest BCUT2D eigenvalue weighted by molar-refractivity contribution is 0.0650. The molecule has 6 heteroatoms. The predicted octanol–water partition coefficient (Wildman–Crippen LogP) is 5.04. The van der Waals surface area contributed by atoms with Gasteiger partial charge in [0, 0.05) is 35.8 Å². The van der Waals surface area contributed by atoms with E-state index >= 15 is 0 Å². The minimum Gasteiger partial charge on any atom is -0.339 e. The topological polar surface area (TPSA) is 66.5 Å². The van der Waals surface area contributed by atoms with E-state index < -0.39 is 0 Å². The maximum Gasteiger partial charge on any atom is 0.265 e. The molecule has 1 aliphatic rings. The summed E-state index contributed by atoms with van der Waals surface area (Å²) in [5.41, 5.74) is 3.00. The zero-order valence-electron chi connectivity index (χ0n) is 17.3.